The molecule has 0 amide bonds. The van der Waals surface area contributed by atoms with Gasteiger partial charge in [-0.15, -0.1) is 0 Å². The number of benzene rings is 11. The van der Waals surface area contributed by atoms with Gasteiger partial charge in [-0.05, 0) is 59.7 Å². The predicted molar refractivity (Wildman–Crippen MR) is 296 cm³/mol. The van der Waals surface area contributed by atoms with E-state index in [2.05, 4.69) is 236 Å². The van der Waals surface area contributed by atoms with E-state index in [0.717, 1.165) is 0 Å². The van der Waals surface area contributed by atoms with Crippen LogP contribution in [-0.4, -0.2) is 17.8 Å². The maximum absolute atomic E-state index is 2.68. The minimum absolute atomic E-state index is 1.17. The molecule has 0 radical (unpaired) electrons. The lowest BCUT2D eigenvalue weighted by molar-refractivity contribution is 1.18. The summed E-state index contributed by atoms with van der Waals surface area (Å²) in [6.07, 6.45) is 0. The topological polar surface area (TPSA) is 18.2 Å². The van der Waals surface area contributed by atoms with Crippen molar-refractivity contribution < 1.29 is 0 Å². The summed E-state index contributed by atoms with van der Waals surface area (Å²) in [6.45, 7) is 0. The molecule has 7 heterocycles. The lowest BCUT2D eigenvalue weighted by Gasteiger charge is -2.16. The predicted octanol–water partition coefficient (Wildman–Crippen LogP) is 17.6. The Morgan fingerprint density at radius 1 is 0.214 bits per heavy atom. The van der Waals surface area contributed by atoms with Crippen LogP contribution in [0.3, 0.4) is 0 Å². The average molecular weight is 885 g/mol. The second kappa shape index (κ2) is 12.4. The third kappa shape index (κ3) is 4.00. The summed E-state index contributed by atoms with van der Waals surface area (Å²) in [5, 5.41) is 18.1. The smallest absolute Gasteiger partial charge is 0.0634 e. The molecule has 0 aliphatic carbocycles. The molecule has 18 rings (SSSR count). The summed E-state index contributed by atoms with van der Waals surface area (Å²) in [5.41, 5.74) is 19.9. The number of hydrogen-bond donors (Lipinski definition) is 0. The summed E-state index contributed by atoms with van der Waals surface area (Å²) in [6, 6.07) is 81.7. The van der Waals surface area contributed by atoms with E-state index in [9.17, 15) is 0 Å². The van der Waals surface area contributed by atoms with Crippen molar-refractivity contribution in [3.63, 3.8) is 0 Å². The summed E-state index contributed by atoms with van der Waals surface area (Å²) in [5.74, 6) is 0. The molecule has 4 heteroatoms. The molecule has 0 saturated heterocycles. The Morgan fingerprint density at radius 3 is 1.26 bits per heavy atom. The Bertz CT molecular complexity index is 5260. The largest absolute Gasteiger partial charge is 0.309 e. The van der Waals surface area contributed by atoms with Crippen molar-refractivity contribution in [2.24, 2.45) is 0 Å². The van der Waals surface area contributed by atoms with E-state index in [4.69, 9.17) is 0 Å². The molecule has 0 bridgehead atoms. The number of aromatic nitrogens is 4. The van der Waals surface area contributed by atoms with Crippen LogP contribution in [0.15, 0.2) is 218 Å². The molecule has 0 aliphatic heterocycles. The van der Waals surface area contributed by atoms with Crippen LogP contribution in [0, 0.1) is 0 Å². The van der Waals surface area contributed by atoms with E-state index >= 15 is 0 Å². The second-order valence-corrected chi connectivity index (χ2v) is 19.5. The minimum Gasteiger partial charge on any atom is -0.309 e. The molecule has 0 saturated carbocycles. The molecule has 0 aliphatic rings. The molecule has 320 valence electrons. The lowest BCUT2D eigenvalue weighted by atomic mass is 9.89. The fourth-order valence-electron chi connectivity index (χ4n) is 13.9. The molecule has 0 unspecified atom stereocenters. The van der Waals surface area contributed by atoms with Gasteiger partial charge in [0, 0.05) is 92.2 Å². The normalized spacial score (nSPS) is 12.9. The average Bonchev–Trinajstić information content (AvgIpc) is 4.30. The molecular formula is C66H36N4. The number of para-hydroxylation sites is 6. The molecule has 18 aromatic rings. The third-order valence-corrected chi connectivity index (χ3v) is 16.3. The van der Waals surface area contributed by atoms with E-state index in [1.165, 1.54) is 164 Å². The fraction of sp³-hybridized carbons (Fsp3) is 0. The first-order valence-corrected chi connectivity index (χ1v) is 24.4. The van der Waals surface area contributed by atoms with Crippen molar-refractivity contribution >= 4 is 136 Å². The summed E-state index contributed by atoms with van der Waals surface area (Å²) < 4.78 is 10.3. The van der Waals surface area contributed by atoms with Gasteiger partial charge in [-0.25, -0.2) is 0 Å². The number of hydrogen-bond acceptors (Lipinski definition) is 0. The highest BCUT2D eigenvalue weighted by molar-refractivity contribution is 6.42. The van der Waals surface area contributed by atoms with Gasteiger partial charge in [0.25, 0.3) is 0 Å². The highest BCUT2D eigenvalue weighted by Crippen LogP contribution is 2.56. The van der Waals surface area contributed by atoms with Gasteiger partial charge >= 0.3 is 0 Å². The zero-order valence-corrected chi connectivity index (χ0v) is 37.6. The molecule has 11 aromatic carbocycles. The number of nitrogens with zero attached hydrogens (tertiary/aromatic N) is 4. The molecule has 0 N–H and O–H groups in total. The molecule has 70 heavy (non-hydrogen) atoms. The minimum atomic E-state index is 1.17. The summed E-state index contributed by atoms with van der Waals surface area (Å²) in [4.78, 5) is 0. The quantitative estimate of drug-likeness (QED) is 0.168. The van der Waals surface area contributed by atoms with Gasteiger partial charge in [-0.2, -0.15) is 0 Å². The molecule has 0 atom stereocenters. The van der Waals surface area contributed by atoms with Crippen molar-refractivity contribution in [2.45, 2.75) is 0 Å². The van der Waals surface area contributed by atoms with Crippen LogP contribution in [0.4, 0.5) is 0 Å². The highest BCUT2D eigenvalue weighted by Gasteiger charge is 2.32. The van der Waals surface area contributed by atoms with Crippen molar-refractivity contribution in [1.29, 1.82) is 0 Å². The second-order valence-electron chi connectivity index (χ2n) is 19.5. The van der Waals surface area contributed by atoms with Gasteiger partial charge < -0.3 is 17.8 Å². The zero-order valence-electron chi connectivity index (χ0n) is 37.6. The summed E-state index contributed by atoms with van der Waals surface area (Å²) in [7, 11) is 0. The van der Waals surface area contributed by atoms with Crippen LogP contribution < -0.4 is 0 Å². The summed E-state index contributed by atoms with van der Waals surface area (Å²) >= 11 is 0. The first-order valence-electron chi connectivity index (χ1n) is 24.4. The molecule has 7 aromatic heterocycles. The molecular weight excluding hydrogens is 849 g/mol. The number of fused-ring (bicyclic) bond motifs is 23. The van der Waals surface area contributed by atoms with Crippen molar-refractivity contribution in [1.82, 2.24) is 17.8 Å². The Kier molecular flexibility index (Phi) is 6.33. The van der Waals surface area contributed by atoms with Crippen molar-refractivity contribution in [3.05, 3.63) is 218 Å². The van der Waals surface area contributed by atoms with Gasteiger partial charge in [0.15, 0.2) is 0 Å². The maximum Gasteiger partial charge on any atom is 0.0634 e. The van der Waals surface area contributed by atoms with E-state index in [-0.39, 0.29) is 0 Å². The lowest BCUT2D eigenvalue weighted by Crippen LogP contribution is -1.94. The zero-order chi connectivity index (χ0) is 45.1. The standard InChI is InChI=1S/C66H36N4/c1-4-18-37(19-5-1)54-61-46-30-17-28-44-58-53(36-47-40-24-10-13-31-48(40)68-50-33-15-12-26-42(50)59(58)64(47)68)70(63(44)46)66(61)55(38-20-6-2-7-21-38)60-45-29-16-27-43-57-52(69(62(43)45)65(54)60)35-34-51-56(57)41-25-11-14-32-49(41)67(51)39-22-8-3-9-23-39/h1-36H. The van der Waals surface area contributed by atoms with E-state index in [0.29, 0.717) is 0 Å². The van der Waals surface area contributed by atoms with Crippen LogP contribution in [0.1, 0.15) is 0 Å². The Morgan fingerprint density at radius 2 is 0.643 bits per heavy atom. The van der Waals surface area contributed by atoms with E-state index < -0.39 is 0 Å². The SMILES string of the molecule is c1ccc(-c2c3c4cccc5c6c7c8ccccc8n8c9ccccc9c(cc6n(c3c(-c3ccccc3)c3c6cccc9c%10c%11c%12ccccc%12n(-c%12ccccc%12)c%11ccc%10n(c23)c69)c45)c78)cc1. The Balaban J connectivity index is 1.13. The monoisotopic (exact) mass is 884 g/mol. The van der Waals surface area contributed by atoms with Crippen LogP contribution in [0.25, 0.3) is 164 Å². The molecule has 0 spiro atoms. The van der Waals surface area contributed by atoms with Gasteiger partial charge in [0.05, 0.1) is 60.7 Å². The van der Waals surface area contributed by atoms with E-state index in [1.807, 2.05) is 0 Å². The third-order valence-electron chi connectivity index (χ3n) is 16.3. The van der Waals surface area contributed by atoms with Crippen molar-refractivity contribution in [3.8, 4) is 27.9 Å². The van der Waals surface area contributed by atoms with Crippen LogP contribution in [0.5, 0.6) is 0 Å². The fourth-order valence-corrected chi connectivity index (χ4v) is 13.9. The van der Waals surface area contributed by atoms with Crippen LogP contribution >= 0.6 is 0 Å². The number of rotatable bonds is 3. The first-order chi connectivity index (χ1) is 34.8. The highest BCUT2D eigenvalue weighted by atomic mass is 15.0. The maximum atomic E-state index is 2.68. The van der Waals surface area contributed by atoms with Crippen LogP contribution in [-0.2, 0) is 0 Å². The molecule has 0 fully saturated rings. The van der Waals surface area contributed by atoms with Gasteiger partial charge in [-0.1, -0.05) is 170 Å². The van der Waals surface area contributed by atoms with Gasteiger partial charge in [-0.3, -0.25) is 0 Å². The Hall–Kier alpha value is -9.38. The van der Waals surface area contributed by atoms with E-state index in [1.54, 1.807) is 0 Å². The van der Waals surface area contributed by atoms with Crippen molar-refractivity contribution in [2.75, 3.05) is 0 Å². The molecule has 4 nitrogen and oxygen atoms in total. The van der Waals surface area contributed by atoms with Gasteiger partial charge in [0.2, 0.25) is 0 Å². The van der Waals surface area contributed by atoms with Gasteiger partial charge in [0.1, 0.15) is 0 Å². The first kappa shape index (κ1) is 35.8. The Labute approximate surface area is 398 Å². The van der Waals surface area contributed by atoms with Crippen LogP contribution in [0.2, 0.25) is 0 Å².